The van der Waals surface area contributed by atoms with E-state index in [4.69, 9.17) is 4.74 Å². The average Bonchev–Trinajstić information content (AvgIpc) is 2.49. The fourth-order valence-corrected chi connectivity index (χ4v) is 4.20. The summed E-state index contributed by atoms with van der Waals surface area (Å²) in [6.07, 6.45) is 0. The van der Waals surface area contributed by atoms with E-state index in [2.05, 4.69) is 92.6 Å². The molecule has 2 aromatic rings. The maximum Gasteiger partial charge on any atom is 0.132 e. The third-order valence-electron chi connectivity index (χ3n) is 5.86. The van der Waals surface area contributed by atoms with Gasteiger partial charge in [0.2, 0.25) is 0 Å². The van der Waals surface area contributed by atoms with Gasteiger partial charge in [-0.15, -0.1) is 0 Å². The summed E-state index contributed by atoms with van der Waals surface area (Å²) in [5.74, 6) is 1.99. The van der Waals surface area contributed by atoms with Crippen LogP contribution in [0.15, 0.2) is 30.3 Å². The molecule has 26 heavy (non-hydrogen) atoms. The van der Waals surface area contributed by atoms with E-state index in [1.807, 2.05) is 0 Å². The lowest BCUT2D eigenvalue weighted by Gasteiger charge is -2.40. The van der Waals surface area contributed by atoms with Crippen LogP contribution in [-0.4, -0.2) is 0 Å². The molecule has 1 unspecified atom stereocenters. The standard InChI is InChI=1S/C25H34O/c1-15(2)23(19-13-18(24(5,6)7)11-10-16(19)3)20-14-21-22(12-17(20)4)26-25(21,8)9/h10-15,23H,1-9H3. The second-order valence-corrected chi connectivity index (χ2v) is 9.86. The normalized spacial score (nSPS) is 16.7. The molecule has 0 bridgehead atoms. The van der Waals surface area contributed by atoms with E-state index >= 15 is 0 Å². The first-order valence-corrected chi connectivity index (χ1v) is 9.87. The molecular formula is C25H34O. The Labute approximate surface area is 159 Å². The van der Waals surface area contributed by atoms with Gasteiger partial charge < -0.3 is 4.74 Å². The number of aryl methyl sites for hydroxylation is 2. The van der Waals surface area contributed by atoms with Gasteiger partial charge in [0.25, 0.3) is 0 Å². The van der Waals surface area contributed by atoms with Crippen LogP contribution in [0.2, 0.25) is 0 Å². The molecule has 0 spiro atoms. The van der Waals surface area contributed by atoms with Gasteiger partial charge in [0.15, 0.2) is 0 Å². The van der Waals surface area contributed by atoms with Crippen molar-refractivity contribution in [2.45, 2.75) is 79.2 Å². The van der Waals surface area contributed by atoms with Gasteiger partial charge in [-0.05, 0) is 79.0 Å². The van der Waals surface area contributed by atoms with E-state index in [0.717, 1.165) is 5.75 Å². The van der Waals surface area contributed by atoms with Gasteiger partial charge in [0.1, 0.15) is 11.4 Å². The van der Waals surface area contributed by atoms with Gasteiger partial charge >= 0.3 is 0 Å². The van der Waals surface area contributed by atoms with Crippen LogP contribution in [0.5, 0.6) is 5.75 Å². The van der Waals surface area contributed by atoms with Gasteiger partial charge in [0, 0.05) is 11.5 Å². The van der Waals surface area contributed by atoms with E-state index in [1.165, 1.54) is 33.4 Å². The summed E-state index contributed by atoms with van der Waals surface area (Å²) >= 11 is 0. The van der Waals surface area contributed by atoms with Crippen LogP contribution in [0.4, 0.5) is 0 Å². The highest BCUT2D eigenvalue weighted by molar-refractivity contribution is 5.54. The highest BCUT2D eigenvalue weighted by atomic mass is 16.5. The summed E-state index contributed by atoms with van der Waals surface area (Å²) in [6, 6.07) is 11.7. The molecule has 3 rings (SSSR count). The third kappa shape index (κ3) is 3.17. The third-order valence-corrected chi connectivity index (χ3v) is 5.86. The average molecular weight is 351 g/mol. The minimum atomic E-state index is -0.165. The van der Waals surface area contributed by atoms with Crippen molar-refractivity contribution in [3.8, 4) is 5.75 Å². The molecule has 1 nitrogen and oxygen atoms in total. The topological polar surface area (TPSA) is 9.23 Å². The van der Waals surface area contributed by atoms with Gasteiger partial charge in [0.05, 0.1) is 0 Å². The van der Waals surface area contributed by atoms with Crippen LogP contribution in [0.3, 0.4) is 0 Å². The van der Waals surface area contributed by atoms with Crippen LogP contribution in [0.1, 0.15) is 87.8 Å². The smallest absolute Gasteiger partial charge is 0.132 e. The van der Waals surface area contributed by atoms with Crippen LogP contribution >= 0.6 is 0 Å². The Hall–Kier alpha value is -1.76. The summed E-state index contributed by atoms with van der Waals surface area (Å²) in [5, 5.41) is 0. The molecule has 1 heterocycles. The summed E-state index contributed by atoms with van der Waals surface area (Å²) in [4.78, 5) is 0. The molecule has 0 radical (unpaired) electrons. The molecular weight excluding hydrogens is 316 g/mol. The van der Waals surface area contributed by atoms with Crippen molar-refractivity contribution in [3.05, 3.63) is 63.7 Å². The molecule has 2 aromatic carbocycles. The molecule has 0 aliphatic carbocycles. The number of benzene rings is 2. The molecule has 1 heteroatoms. The molecule has 0 saturated carbocycles. The Balaban J connectivity index is 2.17. The first-order valence-electron chi connectivity index (χ1n) is 9.87. The molecule has 0 amide bonds. The second kappa shape index (κ2) is 6.15. The number of ether oxygens (including phenoxy) is 1. The quantitative estimate of drug-likeness (QED) is 0.578. The lowest BCUT2D eigenvalue weighted by atomic mass is 9.75. The van der Waals surface area contributed by atoms with Crippen molar-refractivity contribution in [1.29, 1.82) is 0 Å². The second-order valence-electron chi connectivity index (χ2n) is 9.86. The van der Waals surface area contributed by atoms with E-state index in [0.29, 0.717) is 11.8 Å². The maximum absolute atomic E-state index is 5.94. The predicted octanol–water partition coefficient (Wildman–Crippen LogP) is 7.02. The first kappa shape index (κ1) is 19.0. The summed E-state index contributed by atoms with van der Waals surface area (Å²) in [5.41, 5.74) is 8.38. The van der Waals surface area contributed by atoms with Crippen molar-refractivity contribution in [2.24, 2.45) is 5.92 Å². The monoisotopic (exact) mass is 350 g/mol. The van der Waals surface area contributed by atoms with Crippen LogP contribution in [-0.2, 0) is 11.0 Å². The van der Waals surface area contributed by atoms with E-state index in [-0.39, 0.29) is 11.0 Å². The zero-order valence-electron chi connectivity index (χ0n) is 17.9. The Bertz CT molecular complexity index is 834. The van der Waals surface area contributed by atoms with Gasteiger partial charge in [-0.1, -0.05) is 52.8 Å². The summed E-state index contributed by atoms with van der Waals surface area (Å²) in [7, 11) is 0. The SMILES string of the molecule is Cc1ccc(C(C)(C)C)cc1C(c1cc2c(cc1C)OC2(C)C)C(C)C. The maximum atomic E-state index is 5.94. The van der Waals surface area contributed by atoms with E-state index in [1.54, 1.807) is 0 Å². The Morgan fingerprint density at radius 3 is 2.04 bits per heavy atom. The molecule has 1 aliphatic rings. The van der Waals surface area contributed by atoms with Crippen molar-refractivity contribution >= 4 is 0 Å². The highest BCUT2D eigenvalue weighted by Crippen LogP contribution is 2.48. The fourth-order valence-electron chi connectivity index (χ4n) is 4.20. The van der Waals surface area contributed by atoms with Gasteiger partial charge in [-0.2, -0.15) is 0 Å². The molecule has 0 aromatic heterocycles. The molecule has 0 saturated heterocycles. The van der Waals surface area contributed by atoms with E-state index < -0.39 is 0 Å². The minimum absolute atomic E-state index is 0.162. The number of hydrogen-bond acceptors (Lipinski definition) is 1. The number of rotatable bonds is 3. The van der Waals surface area contributed by atoms with E-state index in [9.17, 15) is 0 Å². The van der Waals surface area contributed by atoms with Crippen molar-refractivity contribution in [3.63, 3.8) is 0 Å². The number of hydrogen-bond donors (Lipinski definition) is 0. The predicted molar refractivity (Wildman–Crippen MR) is 111 cm³/mol. The summed E-state index contributed by atoms with van der Waals surface area (Å²) in [6.45, 7) is 20.4. The zero-order chi connectivity index (χ0) is 19.4. The Kier molecular flexibility index (Phi) is 4.50. The lowest BCUT2D eigenvalue weighted by molar-refractivity contribution is 0.0514. The number of fused-ring (bicyclic) bond motifs is 1. The molecule has 1 atom stereocenters. The molecule has 0 fully saturated rings. The van der Waals surface area contributed by atoms with Crippen LogP contribution in [0, 0.1) is 19.8 Å². The Morgan fingerprint density at radius 1 is 0.885 bits per heavy atom. The van der Waals surface area contributed by atoms with Crippen LogP contribution < -0.4 is 4.74 Å². The largest absolute Gasteiger partial charge is 0.483 e. The summed E-state index contributed by atoms with van der Waals surface area (Å²) < 4.78 is 5.94. The Morgan fingerprint density at radius 2 is 1.50 bits per heavy atom. The fraction of sp³-hybridized carbons (Fsp3) is 0.520. The highest BCUT2D eigenvalue weighted by Gasteiger charge is 2.38. The van der Waals surface area contributed by atoms with Crippen molar-refractivity contribution in [1.82, 2.24) is 0 Å². The molecule has 0 N–H and O–H groups in total. The zero-order valence-corrected chi connectivity index (χ0v) is 17.9. The van der Waals surface area contributed by atoms with Crippen LogP contribution in [0.25, 0.3) is 0 Å². The van der Waals surface area contributed by atoms with Crippen molar-refractivity contribution in [2.75, 3.05) is 0 Å². The minimum Gasteiger partial charge on any atom is -0.483 e. The van der Waals surface area contributed by atoms with Gasteiger partial charge in [-0.3, -0.25) is 0 Å². The first-order chi connectivity index (χ1) is 11.9. The van der Waals surface area contributed by atoms with Crippen molar-refractivity contribution < 1.29 is 4.74 Å². The lowest BCUT2D eigenvalue weighted by Crippen LogP contribution is -2.35. The van der Waals surface area contributed by atoms with Gasteiger partial charge in [-0.25, -0.2) is 0 Å². The molecule has 1 aliphatic heterocycles. The molecule has 140 valence electrons.